The van der Waals surface area contributed by atoms with Gasteiger partial charge in [0.15, 0.2) is 0 Å². The van der Waals surface area contributed by atoms with Gasteiger partial charge < -0.3 is 9.84 Å². The Morgan fingerprint density at radius 1 is 1.31 bits per heavy atom. The molecule has 2 aromatic rings. The number of rotatable bonds is 4. The third-order valence-electron chi connectivity index (χ3n) is 6.08. The monoisotopic (exact) mass is 357 g/mol. The number of esters is 1. The van der Waals surface area contributed by atoms with Gasteiger partial charge in [-0.25, -0.2) is 4.39 Å². The van der Waals surface area contributed by atoms with Gasteiger partial charge in [0.05, 0.1) is 24.1 Å². The molecule has 26 heavy (non-hydrogen) atoms. The molecule has 0 unspecified atom stereocenters. The molecule has 2 aliphatic rings. The zero-order valence-electron chi connectivity index (χ0n) is 15.0. The van der Waals surface area contributed by atoms with E-state index in [-0.39, 0.29) is 18.2 Å². The van der Waals surface area contributed by atoms with E-state index in [1.54, 1.807) is 25.3 Å². The minimum atomic E-state index is -0.932. The number of carbonyl (C=O) groups is 1. The van der Waals surface area contributed by atoms with Crippen LogP contribution in [0.25, 0.3) is 10.9 Å². The Morgan fingerprint density at radius 2 is 2.04 bits per heavy atom. The van der Waals surface area contributed by atoms with E-state index in [1.165, 1.54) is 6.07 Å². The molecule has 0 amide bonds. The van der Waals surface area contributed by atoms with Crippen LogP contribution in [0.4, 0.5) is 4.39 Å². The number of carbonyl (C=O) groups excluding carboxylic acids is 1. The van der Waals surface area contributed by atoms with E-state index in [0.29, 0.717) is 37.2 Å². The summed E-state index contributed by atoms with van der Waals surface area (Å²) in [5.74, 6) is 0.590. The van der Waals surface area contributed by atoms with Gasteiger partial charge in [-0.05, 0) is 80.2 Å². The second-order valence-corrected chi connectivity index (χ2v) is 7.86. The van der Waals surface area contributed by atoms with E-state index in [4.69, 9.17) is 4.74 Å². The van der Waals surface area contributed by atoms with Crippen molar-refractivity contribution in [1.29, 1.82) is 0 Å². The maximum atomic E-state index is 13.7. The molecule has 5 heteroatoms. The molecular weight excluding hydrogens is 333 g/mol. The number of aliphatic hydroxyl groups is 1. The lowest BCUT2D eigenvalue weighted by Gasteiger charge is -2.24. The van der Waals surface area contributed by atoms with E-state index in [0.717, 1.165) is 29.3 Å². The third-order valence-corrected chi connectivity index (χ3v) is 6.08. The number of halogens is 1. The first-order valence-corrected chi connectivity index (χ1v) is 9.39. The number of aromatic nitrogens is 1. The number of pyridine rings is 1. The highest BCUT2D eigenvalue weighted by Gasteiger charge is 2.49. The van der Waals surface area contributed by atoms with Gasteiger partial charge in [0.2, 0.25) is 0 Å². The molecule has 4 rings (SSSR count). The van der Waals surface area contributed by atoms with Crippen molar-refractivity contribution in [3.05, 3.63) is 41.8 Å². The zero-order chi connectivity index (χ0) is 18.3. The molecule has 0 aliphatic heterocycles. The number of benzene rings is 1. The van der Waals surface area contributed by atoms with Crippen LogP contribution in [0.3, 0.4) is 0 Å². The quantitative estimate of drug-likeness (QED) is 0.842. The Morgan fingerprint density at radius 3 is 2.73 bits per heavy atom. The van der Waals surface area contributed by atoms with Crippen LogP contribution in [0, 0.1) is 17.7 Å². The van der Waals surface area contributed by atoms with Crippen LogP contribution in [-0.2, 0) is 9.53 Å². The van der Waals surface area contributed by atoms with Crippen LogP contribution in [0.1, 0.15) is 50.5 Å². The Bertz CT molecular complexity index is 823. The highest BCUT2D eigenvalue weighted by atomic mass is 19.1. The Kier molecular flexibility index (Phi) is 4.43. The Hall–Kier alpha value is -2.01. The largest absolute Gasteiger partial charge is 0.466 e. The second-order valence-electron chi connectivity index (χ2n) is 7.86. The molecule has 2 fully saturated rings. The first-order valence-electron chi connectivity index (χ1n) is 9.39. The summed E-state index contributed by atoms with van der Waals surface area (Å²) >= 11 is 0. The smallest absolute Gasteiger partial charge is 0.308 e. The summed E-state index contributed by atoms with van der Waals surface area (Å²) < 4.78 is 18.7. The molecule has 0 spiro atoms. The number of nitrogens with zero attached hydrogens (tertiary/aromatic N) is 1. The first-order chi connectivity index (χ1) is 12.5. The molecule has 0 radical (unpaired) electrons. The fraction of sp³-hybridized carbons (Fsp3) is 0.524. The van der Waals surface area contributed by atoms with E-state index >= 15 is 0 Å². The number of hydrogen-bond donors (Lipinski definition) is 1. The summed E-state index contributed by atoms with van der Waals surface area (Å²) in [6.45, 7) is 2.12. The SMILES string of the molecule is CCOC(=O)C[C@]1(O)C[C@H]2C[C@@H](c3ccnc4ccc(F)cc34)C[C@H]2C1. The molecule has 1 aromatic carbocycles. The average molecular weight is 357 g/mol. The molecule has 138 valence electrons. The lowest BCUT2D eigenvalue weighted by atomic mass is 9.88. The van der Waals surface area contributed by atoms with Crippen molar-refractivity contribution in [2.75, 3.05) is 6.61 Å². The van der Waals surface area contributed by atoms with E-state index in [2.05, 4.69) is 4.98 Å². The van der Waals surface area contributed by atoms with E-state index < -0.39 is 5.60 Å². The van der Waals surface area contributed by atoms with Crippen molar-refractivity contribution in [2.45, 2.75) is 50.5 Å². The number of hydrogen-bond acceptors (Lipinski definition) is 4. The van der Waals surface area contributed by atoms with Gasteiger partial charge in [-0.15, -0.1) is 0 Å². The third kappa shape index (κ3) is 3.20. The normalized spacial score (nSPS) is 30.5. The minimum Gasteiger partial charge on any atom is -0.466 e. The predicted molar refractivity (Wildman–Crippen MR) is 96.1 cm³/mol. The van der Waals surface area contributed by atoms with Crippen LogP contribution in [0.5, 0.6) is 0 Å². The van der Waals surface area contributed by atoms with Crippen molar-refractivity contribution >= 4 is 16.9 Å². The van der Waals surface area contributed by atoms with Gasteiger partial charge in [0, 0.05) is 11.6 Å². The van der Waals surface area contributed by atoms with Gasteiger partial charge in [-0.2, -0.15) is 0 Å². The van der Waals surface area contributed by atoms with Crippen LogP contribution in [0.2, 0.25) is 0 Å². The minimum absolute atomic E-state index is 0.0852. The lowest BCUT2D eigenvalue weighted by molar-refractivity contribution is -0.148. The highest BCUT2D eigenvalue weighted by molar-refractivity contribution is 5.82. The van der Waals surface area contributed by atoms with Gasteiger partial charge in [0.25, 0.3) is 0 Å². The van der Waals surface area contributed by atoms with Crippen molar-refractivity contribution in [3.63, 3.8) is 0 Å². The molecule has 1 aromatic heterocycles. The maximum absolute atomic E-state index is 13.7. The van der Waals surface area contributed by atoms with Gasteiger partial charge in [-0.1, -0.05) is 0 Å². The predicted octanol–water partition coefficient (Wildman–Crippen LogP) is 3.96. The van der Waals surface area contributed by atoms with Crippen LogP contribution < -0.4 is 0 Å². The number of ether oxygens (including phenoxy) is 1. The summed E-state index contributed by atoms with van der Waals surface area (Å²) in [6.07, 6.45) is 5.09. The summed E-state index contributed by atoms with van der Waals surface area (Å²) in [7, 11) is 0. The van der Waals surface area contributed by atoms with Crippen LogP contribution in [-0.4, -0.2) is 28.3 Å². The van der Waals surface area contributed by atoms with Crippen LogP contribution >= 0.6 is 0 Å². The molecule has 0 bridgehead atoms. The van der Waals surface area contributed by atoms with Crippen LogP contribution in [0.15, 0.2) is 30.5 Å². The highest BCUT2D eigenvalue weighted by Crippen LogP contribution is 2.55. The molecule has 1 heterocycles. The molecule has 1 N–H and O–H groups in total. The summed E-state index contributed by atoms with van der Waals surface area (Å²) in [6, 6.07) is 6.74. The summed E-state index contributed by atoms with van der Waals surface area (Å²) in [5.41, 5.74) is 1.04. The second kappa shape index (κ2) is 6.62. The Balaban J connectivity index is 1.50. The first kappa shape index (κ1) is 17.4. The van der Waals surface area contributed by atoms with Crippen molar-refractivity contribution in [2.24, 2.45) is 11.8 Å². The maximum Gasteiger partial charge on any atom is 0.308 e. The fourth-order valence-corrected chi connectivity index (χ4v) is 5.15. The molecule has 4 nitrogen and oxygen atoms in total. The molecular formula is C21H24FNO3. The average Bonchev–Trinajstić information content (AvgIpc) is 3.08. The van der Waals surface area contributed by atoms with Crippen molar-refractivity contribution < 1.29 is 19.0 Å². The topological polar surface area (TPSA) is 59.4 Å². The molecule has 0 saturated heterocycles. The standard InChI is InChI=1S/C21H24FNO3/c1-2-26-20(24)12-21(25)10-14-7-13(8-15(14)11-21)17-5-6-23-19-4-3-16(22)9-18(17)19/h3-6,9,13-15,25H,2,7-8,10-12H2,1H3/t13-,14-,15+,21+. The Labute approximate surface area is 152 Å². The van der Waals surface area contributed by atoms with Gasteiger partial charge in [-0.3, -0.25) is 9.78 Å². The van der Waals surface area contributed by atoms with E-state index in [9.17, 15) is 14.3 Å². The van der Waals surface area contributed by atoms with Gasteiger partial charge >= 0.3 is 5.97 Å². The van der Waals surface area contributed by atoms with Gasteiger partial charge in [0.1, 0.15) is 5.82 Å². The summed E-state index contributed by atoms with van der Waals surface area (Å²) in [5, 5.41) is 11.7. The summed E-state index contributed by atoms with van der Waals surface area (Å²) in [4.78, 5) is 16.1. The van der Waals surface area contributed by atoms with Crippen molar-refractivity contribution in [3.8, 4) is 0 Å². The van der Waals surface area contributed by atoms with E-state index in [1.807, 2.05) is 6.07 Å². The zero-order valence-corrected chi connectivity index (χ0v) is 15.0. The molecule has 2 saturated carbocycles. The fourth-order valence-electron chi connectivity index (χ4n) is 5.15. The molecule has 4 atom stereocenters. The molecule has 2 aliphatic carbocycles. The van der Waals surface area contributed by atoms with Crippen molar-refractivity contribution in [1.82, 2.24) is 4.98 Å². The lowest BCUT2D eigenvalue weighted by Crippen LogP contribution is -2.30. The number of fused-ring (bicyclic) bond motifs is 2.